The number of nitrogens with two attached hydrogens (primary N) is 1. The van der Waals surface area contributed by atoms with Crippen LogP contribution in [0.5, 0.6) is 0 Å². The molecule has 0 saturated carbocycles. The van der Waals surface area contributed by atoms with E-state index < -0.39 is 23.5 Å². The van der Waals surface area contributed by atoms with Crippen LogP contribution in [0.15, 0.2) is 12.7 Å². The van der Waals surface area contributed by atoms with Crippen LogP contribution in [0, 0.1) is 11.3 Å². The Morgan fingerprint density at radius 2 is 1.95 bits per heavy atom. The Morgan fingerprint density at radius 3 is 2.36 bits per heavy atom. The monoisotopic (exact) mass is 315 g/mol. The van der Waals surface area contributed by atoms with Gasteiger partial charge in [0.1, 0.15) is 0 Å². The van der Waals surface area contributed by atoms with Crippen molar-refractivity contribution in [3.05, 3.63) is 12.7 Å². The molecule has 0 aliphatic heterocycles. The largest absolute Gasteiger partial charge is 0.465 e. The summed E-state index contributed by atoms with van der Waals surface area (Å²) in [6.45, 7) is 10.7. The van der Waals surface area contributed by atoms with E-state index in [1.165, 1.54) is 0 Å². The highest BCUT2D eigenvalue weighted by Gasteiger charge is 2.38. The number of aliphatic hydroxyl groups excluding tert-OH is 1. The summed E-state index contributed by atoms with van der Waals surface area (Å²) in [5, 5.41) is 10.0. The summed E-state index contributed by atoms with van der Waals surface area (Å²) in [7, 11) is 0. The SMILES string of the molecule is C=CC(=O)OCC(C)(CC)C(COC(=O)CC(C)N)C(C)O. The third-order valence-electron chi connectivity index (χ3n) is 3.91. The normalized spacial score (nSPS) is 17.7. The zero-order valence-electron chi connectivity index (χ0n) is 14.0. The number of ether oxygens (including phenoxy) is 2. The second-order valence-corrected chi connectivity index (χ2v) is 6.03. The molecule has 0 aliphatic rings. The summed E-state index contributed by atoms with van der Waals surface area (Å²) >= 11 is 0. The highest BCUT2D eigenvalue weighted by molar-refractivity contribution is 5.81. The fourth-order valence-corrected chi connectivity index (χ4v) is 2.19. The van der Waals surface area contributed by atoms with Crippen molar-refractivity contribution in [1.82, 2.24) is 0 Å². The number of carbonyl (C=O) groups excluding carboxylic acids is 2. The van der Waals surface area contributed by atoms with Gasteiger partial charge in [-0.15, -0.1) is 0 Å². The molecular weight excluding hydrogens is 286 g/mol. The first-order valence-electron chi connectivity index (χ1n) is 7.54. The van der Waals surface area contributed by atoms with Gasteiger partial charge in [-0.05, 0) is 20.3 Å². The molecule has 0 aliphatic carbocycles. The van der Waals surface area contributed by atoms with E-state index in [0.29, 0.717) is 6.42 Å². The molecule has 0 fully saturated rings. The first-order chi connectivity index (χ1) is 10.2. The number of aliphatic hydroxyl groups is 1. The molecule has 128 valence electrons. The summed E-state index contributed by atoms with van der Waals surface area (Å²) in [5.41, 5.74) is 5.04. The molecule has 0 aromatic rings. The van der Waals surface area contributed by atoms with Gasteiger partial charge in [0.2, 0.25) is 0 Å². The van der Waals surface area contributed by atoms with Crippen molar-refractivity contribution in [2.75, 3.05) is 13.2 Å². The zero-order valence-corrected chi connectivity index (χ0v) is 14.0. The van der Waals surface area contributed by atoms with E-state index in [9.17, 15) is 14.7 Å². The van der Waals surface area contributed by atoms with Gasteiger partial charge in [0.05, 0.1) is 25.7 Å². The highest BCUT2D eigenvalue weighted by Crippen LogP contribution is 2.34. The summed E-state index contributed by atoms with van der Waals surface area (Å²) in [5.74, 6) is -1.27. The van der Waals surface area contributed by atoms with Crippen LogP contribution < -0.4 is 5.73 Å². The predicted octanol–water partition coefficient (Wildman–Crippen LogP) is 1.41. The van der Waals surface area contributed by atoms with E-state index in [4.69, 9.17) is 15.2 Å². The van der Waals surface area contributed by atoms with Crippen molar-refractivity contribution in [2.45, 2.75) is 52.7 Å². The molecule has 0 rings (SSSR count). The number of esters is 2. The third-order valence-corrected chi connectivity index (χ3v) is 3.91. The smallest absolute Gasteiger partial charge is 0.330 e. The van der Waals surface area contributed by atoms with Crippen LogP contribution in [0.4, 0.5) is 0 Å². The van der Waals surface area contributed by atoms with Crippen LogP contribution in [0.25, 0.3) is 0 Å². The summed E-state index contributed by atoms with van der Waals surface area (Å²) in [6, 6.07) is -0.274. The number of carbonyl (C=O) groups is 2. The van der Waals surface area contributed by atoms with Crippen molar-refractivity contribution in [2.24, 2.45) is 17.1 Å². The molecule has 0 spiro atoms. The maximum Gasteiger partial charge on any atom is 0.330 e. The minimum atomic E-state index is -0.713. The molecule has 6 heteroatoms. The van der Waals surface area contributed by atoms with E-state index >= 15 is 0 Å². The van der Waals surface area contributed by atoms with E-state index in [1.54, 1.807) is 13.8 Å². The lowest BCUT2D eigenvalue weighted by molar-refractivity contribution is -0.154. The molecule has 22 heavy (non-hydrogen) atoms. The van der Waals surface area contributed by atoms with Gasteiger partial charge in [-0.3, -0.25) is 4.79 Å². The van der Waals surface area contributed by atoms with Crippen LogP contribution in [-0.2, 0) is 19.1 Å². The third kappa shape index (κ3) is 7.04. The van der Waals surface area contributed by atoms with Crippen LogP contribution in [0.3, 0.4) is 0 Å². The Kier molecular flexibility index (Phi) is 8.97. The average Bonchev–Trinajstić information content (AvgIpc) is 2.43. The lowest BCUT2D eigenvalue weighted by Crippen LogP contribution is -2.42. The van der Waals surface area contributed by atoms with E-state index in [0.717, 1.165) is 6.08 Å². The maximum absolute atomic E-state index is 11.6. The predicted molar refractivity (Wildman–Crippen MR) is 84.0 cm³/mol. The summed E-state index contributed by atoms with van der Waals surface area (Å²) in [4.78, 5) is 22.9. The fraction of sp³-hybridized carbons (Fsp3) is 0.750. The van der Waals surface area contributed by atoms with Crippen molar-refractivity contribution < 1.29 is 24.2 Å². The average molecular weight is 315 g/mol. The van der Waals surface area contributed by atoms with Gasteiger partial charge in [0.15, 0.2) is 0 Å². The second-order valence-electron chi connectivity index (χ2n) is 6.03. The standard InChI is InChI=1S/C16H29NO5/c1-6-14(19)22-10-16(5,7-2)13(12(4)18)9-21-15(20)8-11(3)17/h6,11-13,18H,1,7-10,17H2,2-5H3. The molecule has 0 heterocycles. The molecule has 6 nitrogen and oxygen atoms in total. The molecule has 0 saturated heterocycles. The lowest BCUT2D eigenvalue weighted by Gasteiger charge is -2.37. The number of hydrogen-bond acceptors (Lipinski definition) is 6. The van der Waals surface area contributed by atoms with Crippen molar-refractivity contribution >= 4 is 11.9 Å². The Morgan fingerprint density at radius 1 is 1.36 bits per heavy atom. The molecule has 3 N–H and O–H groups in total. The molecule has 0 amide bonds. The van der Waals surface area contributed by atoms with Crippen LogP contribution in [0.1, 0.15) is 40.5 Å². The van der Waals surface area contributed by atoms with Gasteiger partial charge in [-0.25, -0.2) is 4.79 Å². The first kappa shape index (κ1) is 20.6. The summed E-state index contributed by atoms with van der Waals surface area (Å²) in [6.07, 6.45) is 1.16. The molecular formula is C16H29NO5. The van der Waals surface area contributed by atoms with Gasteiger partial charge in [-0.2, -0.15) is 0 Å². The molecule has 0 aromatic heterocycles. The van der Waals surface area contributed by atoms with Gasteiger partial charge in [-0.1, -0.05) is 20.4 Å². The minimum Gasteiger partial charge on any atom is -0.465 e. The van der Waals surface area contributed by atoms with Gasteiger partial charge < -0.3 is 20.3 Å². The molecule has 0 bridgehead atoms. The van der Waals surface area contributed by atoms with Gasteiger partial charge in [0, 0.05) is 23.5 Å². The van der Waals surface area contributed by atoms with E-state index in [1.807, 2.05) is 13.8 Å². The van der Waals surface area contributed by atoms with Crippen LogP contribution in [-0.4, -0.2) is 42.4 Å². The molecule has 4 atom stereocenters. The maximum atomic E-state index is 11.6. The summed E-state index contributed by atoms with van der Waals surface area (Å²) < 4.78 is 10.3. The topological polar surface area (TPSA) is 98.9 Å². The number of hydrogen-bond donors (Lipinski definition) is 2. The Balaban J connectivity index is 4.82. The van der Waals surface area contributed by atoms with Crippen LogP contribution >= 0.6 is 0 Å². The zero-order chi connectivity index (χ0) is 17.3. The van der Waals surface area contributed by atoms with Crippen molar-refractivity contribution in [3.63, 3.8) is 0 Å². The molecule has 0 aromatic carbocycles. The van der Waals surface area contributed by atoms with Crippen LogP contribution in [0.2, 0.25) is 0 Å². The minimum absolute atomic E-state index is 0.0548. The van der Waals surface area contributed by atoms with Crippen molar-refractivity contribution in [3.8, 4) is 0 Å². The fourth-order valence-electron chi connectivity index (χ4n) is 2.19. The van der Waals surface area contributed by atoms with Gasteiger partial charge in [0.25, 0.3) is 0 Å². The quantitative estimate of drug-likeness (QED) is 0.467. The molecule has 4 unspecified atom stereocenters. The Bertz CT molecular complexity index is 381. The van der Waals surface area contributed by atoms with Crippen molar-refractivity contribution in [1.29, 1.82) is 0 Å². The number of rotatable bonds is 10. The second kappa shape index (κ2) is 9.58. The Hall–Kier alpha value is -1.40. The first-order valence-corrected chi connectivity index (χ1v) is 7.54. The highest BCUT2D eigenvalue weighted by atomic mass is 16.5. The lowest BCUT2D eigenvalue weighted by atomic mass is 9.73. The van der Waals surface area contributed by atoms with E-state index in [-0.39, 0.29) is 31.6 Å². The van der Waals surface area contributed by atoms with E-state index in [2.05, 4.69) is 6.58 Å². The molecule has 0 radical (unpaired) electrons. The van der Waals surface area contributed by atoms with Gasteiger partial charge >= 0.3 is 11.9 Å². The Labute approximate surface area is 132 Å².